The first-order valence-corrected chi connectivity index (χ1v) is 9.02. The molecule has 1 aromatic heterocycles. The molecule has 2 rings (SSSR count). The summed E-state index contributed by atoms with van der Waals surface area (Å²) in [6, 6.07) is -0.0170. The normalized spacial score (nSPS) is 22.0. The minimum atomic E-state index is -0.533. The number of carbonyl (C=O) groups is 2. The predicted octanol–water partition coefficient (Wildman–Crippen LogP) is 4.20. The molecule has 0 spiro atoms. The van der Waals surface area contributed by atoms with Crippen molar-refractivity contribution < 1.29 is 14.3 Å². The molecule has 2 atom stereocenters. The third-order valence-corrected chi connectivity index (χ3v) is 4.73. The Morgan fingerprint density at radius 3 is 2.65 bits per heavy atom. The van der Waals surface area contributed by atoms with Crippen LogP contribution >= 0.6 is 11.3 Å². The van der Waals surface area contributed by atoms with Gasteiger partial charge in [0.1, 0.15) is 11.3 Å². The molecule has 23 heavy (non-hydrogen) atoms. The van der Waals surface area contributed by atoms with E-state index in [-0.39, 0.29) is 24.0 Å². The summed E-state index contributed by atoms with van der Waals surface area (Å²) < 4.78 is 5.53. The van der Waals surface area contributed by atoms with Crippen molar-refractivity contribution in [2.24, 2.45) is 0 Å². The van der Waals surface area contributed by atoms with Crippen LogP contribution in [0.1, 0.15) is 68.9 Å². The van der Waals surface area contributed by atoms with Gasteiger partial charge >= 0.3 is 6.09 Å². The van der Waals surface area contributed by atoms with Crippen molar-refractivity contribution in [1.82, 2.24) is 9.88 Å². The lowest BCUT2D eigenvalue weighted by Gasteiger charge is -2.40. The molecule has 2 unspecified atom stereocenters. The monoisotopic (exact) mass is 338 g/mol. The minimum Gasteiger partial charge on any atom is -0.444 e. The van der Waals surface area contributed by atoms with E-state index in [9.17, 15) is 9.59 Å². The number of ether oxygens (including phenoxy) is 1. The molecule has 1 aliphatic heterocycles. The van der Waals surface area contributed by atoms with Gasteiger partial charge in [0.25, 0.3) is 0 Å². The number of piperidine rings is 1. The Morgan fingerprint density at radius 1 is 1.39 bits per heavy atom. The summed E-state index contributed by atoms with van der Waals surface area (Å²) in [6.07, 6.45) is 2.79. The molecule has 1 aromatic rings. The lowest BCUT2D eigenvalue weighted by Crippen LogP contribution is -2.51. The summed E-state index contributed by atoms with van der Waals surface area (Å²) in [6.45, 7) is 9.48. The second kappa shape index (κ2) is 6.99. The summed E-state index contributed by atoms with van der Waals surface area (Å²) in [5.74, 6) is 0.00186. The number of Topliss-reactive ketones (excluding diaryl/α,β-unsaturated/α-hetero) is 1. The highest BCUT2D eigenvalue weighted by Gasteiger charge is 2.36. The lowest BCUT2D eigenvalue weighted by molar-refractivity contribution is -0.00307. The fourth-order valence-corrected chi connectivity index (χ4v) is 3.56. The van der Waals surface area contributed by atoms with E-state index in [1.54, 1.807) is 10.3 Å². The van der Waals surface area contributed by atoms with Gasteiger partial charge in [0.05, 0.1) is 5.01 Å². The van der Waals surface area contributed by atoms with Crippen LogP contribution in [0.25, 0.3) is 0 Å². The Bertz CT molecular complexity index is 577. The van der Waals surface area contributed by atoms with E-state index < -0.39 is 5.60 Å². The van der Waals surface area contributed by atoms with Crippen LogP contribution in [-0.4, -0.2) is 39.4 Å². The van der Waals surface area contributed by atoms with E-state index in [1.807, 2.05) is 34.6 Å². The highest BCUT2D eigenvalue weighted by molar-refractivity contribution is 7.09. The van der Waals surface area contributed by atoms with E-state index in [0.717, 1.165) is 24.3 Å². The number of thiazole rings is 1. The summed E-state index contributed by atoms with van der Waals surface area (Å²) >= 11 is 1.47. The SMILES string of the molecule is Cc1nc(C(=O)CC2CCCC(C)N2C(=O)OC(C)(C)C)cs1. The highest BCUT2D eigenvalue weighted by Crippen LogP contribution is 2.28. The molecule has 1 fully saturated rings. The van der Waals surface area contributed by atoms with Crippen LogP contribution in [0.4, 0.5) is 4.79 Å². The number of amides is 1. The number of hydrogen-bond donors (Lipinski definition) is 0. The second-order valence-electron chi connectivity index (χ2n) is 7.20. The van der Waals surface area contributed by atoms with Gasteiger partial charge in [0.2, 0.25) is 0 Å². The van der Waals surface area contributed by atoms with Gasteiger partial charge < -0.3 is 9.64 Å². The van der Waals surface area contributed by atoms with E-state index in [0.29, 0.717) is 12.1 Å². The van der Waals surface area contributed by atoms with Crippen LogP contribution in [0.3, 0.4) is 0 Å². The lowest BCUT2D eigenvalue weighted by atomic mass is 9.93. The Hall–Kier alpha value is -1.43. The summed E-state index contributed by atoms with van der Waals surface area (Å²) in [5, 5.41) is 2.68. The Kier molecular flexibility index (Phi) is 5.45. The molecule has 1 amide bonds. The first-order chi connectivity index (χ1) is 10.7. The number of likely N-dealkylation sites (tertiary alicyclic amines) is 1. The molecule has 0 bridgehead atoms. The fraction of sp³-hybridized carbons (Fsp3) is 0.706. The molecule has 1 saturated heterocycles. The molecular formula is C17H26N2O3S. The minimum absolute atomic E-state index is 0.00186. The molecule has 1 aliphatic rings. The fourth-order valence-electron chi connectivity index (χ4n) is 2.94. The number of rotatable bonds is 3. The van der Waals surface area contributed by atoms with Crippen molar-refractivity contribution in [2.45, 2.75) is 78.0 Å². The zero-order valence-corrected chi connectivity index (χ0v) is 15.4. The van der Waals surface area contributed by atoms with Gasteiger partial charge in [-0.3, -0.25) is 4.79 Å². The zero-order chi connectivity index (χ0) is 17.2. The second-order valence-corrected chi connectivity index (χ2v) is 8.26. The first-order valence-electron chi connectivity index (χ1n) is 8.14. The maximum atomic E-state index is 12.5. The Labute approximate surface area is 142 Å². The molecule has 128 valence electrons. The number of hydrogen-bond acceptors (Lipinski definition) is 5. The predicted molar refractivity (Wildman–Crippen MR) is 91.0 cm³/mol. The first kappa shape index (κ1) is 17.9. The number of carbonyl (C=O) groups excluding carboxylic acids is 2. The molecule has 0 radical (unpaired) electrons. The van der Waals surface area contributed by atoms with Crippen molar-refractivity contribution in [3.05, 3.63) is 16.1 Å². The van der Waals surface area contributed by atoms with Crippen LogP contribution in [0.5, 0.6) is 0 Å². The van der Waals surface area contributed by atoms with E-state index in [2.05, 4.69) is 4.98 Å². The summed E-state index contributed by atoms with van der Waals surface area (Å²) in [4.78, 5) is 31.0. The quantitative estimate of drug-likeness (QED) is 0.775. The van der Waals surface area contributed by atoms with E-state index >= 15 is 0 Å². The maximum absolute atomic E-state index is 12.5. The van der Waals surface area contributed by atoms with Crippen molar-refractivity contribution in [2.75, 3.05) is 0 Å². The van der Waals surface area contributed by atoms with E-state index in [1.165, 1.54) is 11.3 Å². The van der Waals surface area contributed by atoms with Gasteiger partial charge in [0, 0.05) is 23.9 Å². The third-order valence-electron chi connectivity index (χ3n) is 3.96. The molecule has 0 N–H and O–H groups in total. The Morgan fingerprint density at radius 2 is 2.09 bits per heavy atom. The van der Waals surface area contributed by atoms with Crippen LogP contribution < -0.4 is 0 Å². The zero-order valence-electron chi connectivity index (χ0n) is 14.6. The maximum Gasteiger partial charge on any atom is 0.410 e. The van der Waals surface area contributed by atoms with Gasteiger partial charge in [0.15, 0.2) is 5.78 Å². The highest BCUT2D eigenvalue weighted by atomic mass is 32.1. The van der Waals surface area contributed by atoms with Crippen LogP contribution in [0.15, 0.2) is 5.38 Å². The molecule has 0 aromatic carbocycles. The Balaban J connectivity index is 2.10. The van der Waals surface area contributed by atoms with Crippen molar-refractivity contribution in [3.63, 3.8) is 0 Å². The molecule has 0 aliphatic carbocycles. The van der Waals surface area contributed by atoms with Gasteiger partial charge in [-0.1, -0.05) is 0 Å². The summed E-state index contributed by atoms with van der Waals surface area (Å²) in [7, 11) is 0. The van der Waals surface area contributed by atoms with Gasteiger partial charge in [-0.05, 0) is 53.9 Å². The standard InChI is InChI=1S/C17H26N2O3S/c1-11-7-6-8-13(19(11)16(21)22-17(3,4)5)9-15(20)14-10-23-12(2)18-14/h10-11,13H,6-9H2,1-5H3. The van der Waals surface area contributed by atoms with E-state index in [4.69, 9.17) is 4.74 Å². The van der Waals surface area contributed by atoms with Crippen molar-refractivity contribution >= 4 is 23.2 Å². The number of ketones is 1. The molecule has 2 heterocycles. The topological polar surface area (TPSA) is 59.5 Å². The average Bonchev–Trinajstić information content (AvgIpc) is 2.83. The number of aromatic nitrogens is 1. The molecule has 6 heteroatoms. The molecular weight excluding hydrogens is 312 g/mol. The van der Waals surface area contributed by atoms with Crippen LogP contribution in [0.2, 0.25) is 0 Å². The molecule has 5 nitrogen and oxygen atoms in total. The largest absolute Gasteiger partial charge is 0.444 e. The number of aryl methyl sites for hydroxylation is 1. The smallest absolute Gasteiger partial charge is 0.410 e. The number of nitrogens with zero attached hydrogens (tertiary/aromatic N) is 2. The van der Waals surface area contributed by atoms with Gasteiger partial charge in [-0.25, -0.2) is 9.78 Å². The van der Waals surface area contributed by atoms with Crippen LogP contribution in [0, 0.1) is 6.92 Å². The van der Waals surface area contributed by atoms with Crippen LogP contribution in [-0.2, 0) is 4.74 Å². The third kappa shape index (κ3) is 4.77. The molecule has 0 saturated carbocycles. The van der Waals surface area contributed by atoms with Gasteiger partial charge in [-0.15, -0.1) is 11.3 Å². The summed E-state index contributed by atoms with van der Waals surface area (Å²) in [5.41, 5.74) is -0.0238. The van der Waals surface area contributed by atoms with Crippen molar-refractivity contribution in [1.29, 1.82) is 0 Å². The average molecular weight is 338 g/mol. The van der Waals surface area contributed by atoms with Crippen molar-refractivity contribution in [3.8, 4) is 0 Å². The van der Waals surface area contributed by atoms with Gasteiger partial charge in [-0.2, -0.15) is 0 Å².